The van der Waals surface area contributed by atoms with Gasteiger partial charge in [0.05, 0.1) is 24.3 Å². The first kappa shape index (κ1) is 21.1. The molecular weight excluding hydrogens is 412 g/mol. The van der Waals surface area contributed by atoms with Crippen LogP contribution in [0.1, 0.15) is 23.6 Å². The molecule has 156 valence electrons. The van der Waals surface area contributed by atoms with E-state index in [1.54, 1.807) is 24.3 Å². The summed E-state index contributed by atoms with van der Waals surface area (Å²) in [4.78, 5) is 1.97. The average molecular weight is 437 g/mol. The number of hydrazone groups is 1. The van der Waals surface area contributed by atoms with E-state index in [-0.39, 0.29) is 0 Å². The third-order valence-electron chi connectivity index (χ3n) is 4.51. The monoisotopic (exact) mass is 436 g/mol. The van der Waals surface area contributed by atoms with Crippen LogP contribution in [0, 0.1) is 0 Å². The van der Waals surface area contributed by atoms with Crippen molar-refractivity contribution < 1.29 is 16.8 Å². The van der Waals surface area contributed by atoms with Gasteiger partial charge in [-0.2, -0.15) is 9.52 Å². The molecule has 1 aliphatic rings. The van der Waals surface area contributed by atoms with Crippen LogP contribution < -0.4 is 9.62 Å². The molecule has 0 aromatic heterocycles. The van der Waals surface area contributed by atoms with Crippen LogP contribution in [-0.2, 0) is 20.0 Å². The maximum Gasteiger partial charge on any atom is 0.247 e. The van der Waals surface area contributed by atoms with Crippen LogP contribution in [0.5, 0.6) is 0 Å². The van der Waals surface area contributed by atoms with E-state index in [2.05, 4.69) is 9.82 Å². The Labute approximate surface area is 171 Å². The van der Waals surface area contributed by atoms with Crippen LogP contribution in [0.4, 0.5) is 11.4 Å². The summed E-state index contributed by atoms with van der Waals surface area (Å²) < 4.78 is 51.2. The second-order valence-corrected chi connectivity index (χ2v) is 10.8. The summed E-state index contributed by atoms with van der Waals surface area (Å²) in [6.07, 6.45) is 2.59. The number of hydrogen-bond donors (Lipinski definition) is 1. The zero-order valence-corrected chi connectivity index (χ0v) is 18.3. The van der Waals surface area contributed by atoms with E-state index < -0.39 is 26.1 Å². The predicted molar refractivity (Wildman–Crippen MR) is 116 cm³/mol. The number of rotatable bonds is 6. The molecule has 0 aliphatic carbocycles. The summed E-state index contributed by atoms with van der Waals surface area (Å²) >= 11 is 0. The van der Waals surface area contributed by atoms with Gasteiger partial charge in [-0.25, -0.2) is 16.8 Å². The second kappa shape index (κ2) is 7.68. The third kappa shape index (κ3) is 5.07. The fourth-order valence-corrected chi connectivity index (χ4v) is 4.65. The molecule has 0 radical (unpaired) electrons. The van der Waals surface area contributed by atoms with Gasteiger partial charge in [0, 0.05) is 31.9 Å². The lowest BCUT2D eigenvalue weighted by molar-refractivity contribution is 0.375. The molecule has 0 saturated carbocycles. The van der Waals surface area contributed by atoms with Crippen molar-refractivity contribution in [2.75, 3.05) is 36.2 Å². The number of nitrogens with zero attached hydrogens (tertiary/aromatic N) is 3. The van der Waals surface area contributed by atoms with Crippen molar-refractivity contribution in [2.24, 2.45) is 5.10 Å². The van der Waals surface area contributed by atoms with E-state index in [1.807, 2.05) is 43.3 Å². The Hall–Kier alpha value is -2.59. The summed E-state index contributed by atoms with van der Waals surface area (Å²) in [7, 11) is -3.13. The highest BCUT2D eigenvalue weighted by molar-refractivity contribution is 7.92. The Balaban J connectivity index is 1.95. The maximum absolute atomic E-state index is 12.3. The molecule has 0 amide bonds. The molecule has 0 spiro atoms. The van der Waals surface area contributed by atoms with Crippen molar-refractivity contribution in [3.63, 3.8) is 0 Å². The van der Waals surface area contributed by atoms with Gasteiger partial charge in [0.1, 0.15) is 0 Å². The molecule has 1 aliphatic heterocycles. The molecule has 1 heterocycles. The first-order valence-electron chi connectivity index (χ1n) is 8.86. The lowest BCUT2D eigenvalue weighted by Crippen LogP contribution is -2.26. The van der Waals surface area contributed by atoms with Gasteiger partial charge >= 0.3 is 0 Å². The highest BCUT2D eigenvalue weighted by Crippen LogP contribution is 2.35. The topological polar surface area (TPSA) is 99.2 Å². The van der Waals surface area contributed by atoms with Crippen LogP contribution >= 0.6 is 0 Å². The van der Waals surface area contributed by atoms with E-state index >= 15 is 0 Å². The SMILES string of the molecule is CN(C)c1ccc(C2CC(c3cccc(NS(C)(=O)=O)c3)=NN2S(C)(=O)=O)cc1. The van der Waals surface area contributed by atoms with E-state index in [1.165, 1.54) is 0 Å². The molecule has 1 unspecified atom stereocenters. The Kier molecular flexibility index (Phi) is 5.59. The van der Waals surface area contributed by atoms with E-state index in [0.717, 1.165) is 28.2 Å². The van der Waals surface area contributed by atoms with Crippen LogP contribution in [0.15, 0.2) is 53.6 Å². The van der Waals surface area contributed by atoms with Crippen molar-refractivity contribution in [3.05, 3.63) is 59.7 Å². The van der Waals surface area contributed by atoms with Crippen molar-refractivity contribution >= 4 is 37.1 Å². The highest BCUT2D eigenvalue weighted by Gasteiger charge is 2.34. The minimum absolute atomic E-state index is 0.386. The van der Waals surface area contributed by atoms with Crippen molar-refractivity contribution in [1.29, 1.82) is 0 Å². The van der Waals surface area contributed by atoms with Crippen molar-refractivity contribution in [3.8, 4) is 0 Å². The fraction of sp³-hybridized carbons (Fsp3) is 0.316. The van der Waals surface area contributed by atoms with Gasteiger partial charge < -0.3 is 4.90 Å². The van der Waals surface area contributed by atoms with Gasteiger partial charge in [-0.1, -0.05) is 24.3 Å². The van der Waals surface area contributed by atoms with Crippen LogP contribution in [0.2, 0.25) is 0 Å². The van der Waals surface area contributed by atoms with Gasteiger partial charge in [0.2, 0.25) is 20.0 Å². The van der Waals surface area contributed by atoms with Crippen LogP contribution in [-0.4, -0.2) is 53.6 Å². The van der Waals surface area contributed by atoms with Crippen LogP contribution in [0.3, 0.4) is 0 Å². The molecule has 3 rings (SSSR count). The van der Waals surface area contributed by atoms with E-state index in [9.17, 15) is 16.8 Å². The first-order chi connectivity index (χ1) is 13.4. The van der Waals surface area contributed by atoms with Gasteiger partial charge in [-0.15, -0.1) is 0 Å². The van der Waals surface area contributed by atoms with Crippen molar-refractivity contribution in [2.45, 2.75) is 12.5 Å². The Bertz CT molecular complexity index is 1140. The summed E-state index contributed by atoms with van der Waals surface area (Å²) in [5, 5.41) is 4.36. The third-order valence-corrected chi connectivity index (χ3v) is 6.13. The molecule has 2 aromatic rings. The fourth-order valence-electron chi connectivity index (χ4n) is 3.19. The Morgan fingerprint density at radius 1 is 1.03 bits per heavy atom. The average Bonchev–Trinajstić information content (AvgIpc) is 3.06. The number of anilines is 2. The van der Waals surface area contributed by atoms with Crippen molar-refractivity contribution in [1.82, 2.24) is 4.41 Å². The van der Waals surface area contributed by atoms with Gasteiger partial charge in [-0.05, 0) is 35.4 Å². The number of nitrogens with one attached hydrogen (secondary N) is 1. The molecule has 0 fully saturated rings. The minimum atomic E-state index is -3.58. The minimum Gasteiger partial charge on any atom is -0.378 e. The van der Waals surface area contributed by atoms with Gasteiger partial charge in [0.25, 0.3) is 0 Å². The molecule has 29 heavy (non-hydrogen) atoms. The molecule has 10 heteroatoms. The normalized spacial score (nSPS) is 17.2. The molecule has 8 nitrogen and oxygen atoms in total. The lowest BCUT2D eigenvalue weighted by Gasteiger charge is -2.22. The van der Waals surface area contributed by atoms with Crippen LogP contribution in [0.25, 0.3) is 0 Å². The van der Waals surface area contributed by atoms with E-state index in [0.29, 0.717) is 23.4 Å². The van der Waals surface area contributed by atoms with Gasteiger partial charge in [0.15, 0.2) is 0 Å². The first-order valence-corrected chi connectivity index (χ1v) is 12.6. The second-order valence-electron chi connectivity index (χ2n) is 7.24. The number of sulfonamides is 2. The largest absolute Gasteiger partial charge is 0.378 e. The number of hydrogen-bond acceptors (Lipinski definition) is 6. The molecule has 2 aromatic carbocycles. The summed E-state index contributed by atoms with van der Waals surface area (Å²) in [5.74, 6) is 0. The number of benzene rings is 2. The molecule has 0 saturated heterocycles. The predicted octanol–water partition coefficient (Wildman–Crippen LogP) is 2.23. The van der Waals surface area contributed by atoms with E-state index in [4.69, 9.17) is 0 Å². The molecule has 1 atom stereocenters. The smallest absolute Gasteiger partial charge is 0.247 e. The summed E-state index contributed by atoms with van der Waals surface area (Å²) in [6.45, 7) is 0. The standard InChI is InChI=1S/C19H24N4O4S2/c1-22(2)17-10-8-14(9-11-17)19-13-18(20-23(19)29(4,26)27)15-6-5-7-16(12-15)21-28(3,24)25/h5-12,19,21H,13H2,1-4H3. The summed E-state index contributed by atoms with van der Waals surface area (Å²) in [6, 6.07) is 14.0. The zero-order valence-electron chi connectivity index (χ0n) is 16.7. The highest BCUT2D eigenvalue weighted by atomic mass is 32.2. The quantitative estimate of drug-likeness (QED) is 0.749. The zero-order chi connectivity index (χ0) is 21.4. The molecule has 1 N–H and O–H groups in total. The maximum atomic E-state index is 12.3. The Morgan fingerprint density at radius 3 is 2.24 bits per heavy atom. The lowest BCUT2D eigenvalue weighted by atomic mass is 9.98. The Morgan fingerprint density at radius 2 is 1.69 bits per heavy atom. The van der Waals surface area contributed by atoms with Gasteiger partial charge in [-0.3, -0.25) is 4.72 Å². The molecular formula is C19H24N4O4S2. The molecule has 0 bridgehead atoms. The summed E-state index contributed by atoms with van der Waals surface area (Å²) in [5.41, 5.74) is 3.50.